The maximum atomic E-state index is 15.0. The van der Waals surface area contributed by atoms with E-state index in [0.29, 0.717) is 18.8 Å². The Kier molecular flexibility index (Phi) is 7.60. The average molecular weight is 514 g/mol. The zero-order chi connectivity index (χ0) is 26.7. The van der Waals surface area contributed by atoms with Gasteiger partial charge in [-0.2, -0.15) is 5.10 Å². The maximum Gasteiger partial charge on any atom is 0.252 e. The van der Waals surface area contributed by atoms with Crippen LogP contribution in [-0.2, 0) is 11.3 Å². The summed E-state index contributed by atoms with van der Waals surface area (Å²) in [5, 5.41) is 10.9. The predicted molar refractivity (Wildman–Crippen MR) is 134 cm³/mol. The standard InChI is InChI=1S/C25H26F3N7O2/c1-13(29)22(14-7-16(26)10-17(27)8-14)33-25-20(28)11-19(23(30)36)24(34-25)32-18-3-4-21-15(9-18)12-31-35(21)5-6-37-2/h3-4,7-13,22H,5-6,29H2,1-2H3,(H2,30,36)(H2,32,33,34)/t13-,22-/m0/s1. The van der Waals surface area contributed by atoms with Crippen LogP contribution in [0.15, 0.2) is 48.7 Å². The lowest BCUT2D eigenvalue weighted by Gasteiger charge is -2.24. The van der Waals surface area contributed by atoms with Crippen LogP contribution in [0.1, 0.15) is 28.9 Å². The highest BCUT2D eigenvalue weighted by molar-refractivity contribution is 5.99. The van der Waals surface area contributed by atoms with Gasteiger partial charge in [-0.15, -0.1) is 0 Å². The Morgan fingerprint density at radius 1 is 1.11 bits per heavy atom. The molecular weight excluding hydrogens is 487 g/mol. The minimum absolute atomic E-state index is 0.0172. The van der Waals surface area contributed by atoms with E-state index in [1.807, 2.05) is 6.07 Å². The third kappa shape index (κ3) is 5.81. The molecule has 0 aliphatic carbocycles. The van der Waals surface area contributed by atoms with Gasteiger partial charge >= 0.3 is 0 Å². The quantitative estimate of drug-likeness (QED) is 0.253. The molecule has 12 heteroatoms. The number of rotatable bonds is 10. The predicted octanol–water partition coefficient (Wildman–Crippen LogP) is 3.84. The Morgan fingerprint density at radius 3 is 2.49 bits per heavy atom. The van der Waals surface area contributed by atoms with Gasteiger partial charge in [0.25, 0.3) is 5.91 Å². The lowest BCUT2D eigenvalue weighted by Crippen LogP contribution is -2.31. The fourth-order valence-electron chi connectivity index (χ4n) is 3.95. The van der Waals surface area contributed by atoms with E-state index in [1.165, 1.54) is 0 Å². The van der Waals surface area contributed by atoms with Crippen LogP contribution in [0.3, 0.4) is 0 Å². The molecule has 0 saturated heterocycles. The monoisotopic (exact) mass is 513 g/mol. The highest BCUT2D eigenvalue weighted by Crippen LogP contribution is 2.29. The molecule has 0 bridgehead atoms. The van der Waals surface area contributed by atoms with E-state index in [-0.39, 0.29) is 22.8 Å². The fourth-order valence-corrected chi connectivity index (χ4v) is 3.95. The van der Waals surface area contributed by atoms with Gasteiger partial charge in [-0.1, -0.05) is 0 Å². The molecule has 194 valence electrons. The van der Waals surface area contributed by atoms with Crippen molar-refractivity contribution in [2.45, 2.75) is 25.6 Å². The molecule has 0 unspecified atom stereocenters. The third-order valence-corrected chi connectivity index (χ3v) is 5.72. The van der Waals surface area contributed by atoms with Gasteiger partial charge in [0.2, 0.25) is 0 Å². The van der Waals surface area contributed by atoms with E-state index in [9.17, 15) is 18.0 Å². The molecule has 2 heterocycles. The number of amides is 1. The van der Waals surface area contributed by atoms with E-state index in [4.69, 9.17) is 16.2 Å². The first-order valence-electron chi connectivity index (χ1n) is 11.4. The van der Waals surface area contributed by atoms with Crippen molar-refractivity contribution in [1.82, 2.24) is 14.8 Å². The molecule has 4 aromatic rings. The van der Waals surface area contributed by atoms with Crippen molar-refractivity contribution in [1.29, 1.82) is 0 Å². The second-order valence-corrected chi connectivity index (χ2v) is 8.52. The maximum absolute atomic E-state index is 15.0. The molecule has 2 aromatic heterocycles. The summed E-state index contributed by atoms with van der Waals surface area (Å²) in [5.41, 5.74) is 12.9. The number of primary amides is 1. The number of carbonyl (C=O) groups excluding carboxylic acids is 1. The van der Waals surface area contributed by atoms with Crippen LogP contribution < -0.4 is 22.1 Å². The van der Waals surface area contributed by atoms with E-state index in [2.05, 4.69) is 20.7 Å². The number of pyridine rings is 1. The highest BCUT2D eigenvalue weighted by Gasteiger charge is 2.23. The number of ether oxygens (including phenoxy) is 1. The Balaban J connectivity index is 1.68. The van der Waals surface area contributed by atoms with Crippen molar-refractivity contribution in [3.63, 3.8) is 0 Å². The average Bonchev–Trinajstić information content (AvgIpc) is 3.23. The number of benzene rings is 2. The number of halogens is 3. The number of nitrogens with one attached hydrogen (secondary N) is 2. The molecule has 6 N–H and O–H groups in total. The normalized spacial score (nSPS) is 12.9. The number of fused-ring (bicyclic) bond motifs is 1. The van der Waals surface area contributed by atoms with E-state index in [0.717, 1.165) is 35.2 Å². The molecule has 0 aliphatic heterocycles. The van der Waals surface area contributed by atoms with Gasteiger partial charge in [0.05, 0.1) is 36.5 Å². The van der Waals surface area contributed by atoms with Crippen molar-refractivity contribution in [3.05, 3.63) is 77.2 Å². The number of nitrogens with zero attached hydrogens (tertiary/aromatic N) is 3. The SMILES string of the molecule is COCCn1ncc2cc(Nc3nc(N[C@H](c4cc(F)cc(F)c4)[C@H](C)N)c(F)cc3C(N)=O)ccc21. The Bertz CT molecular complexity index is 1420. The molecule has 37 heavy (non-hydrogen) atoms. The summed E-state index contributed by atoms with van der Waals surface area (Å²) < 4.78 is 49.5. The van der Waals surface area contributed by atoms with Crippen LogP contribution in [0, 0.1) is 17.5 Å². The van der Waals surface area contributed by atoms with E-state index >= 15 is 0 Å². The summed E-state index contributed by atoms with van der Waals surface area (Å²) in [6, 6.07) is 7.64. The van der Waals surface area contributed by atoms with Crippen LogP contribution in [0.4, 0.5) is 30.5 Å². The third-order valence-electron chi connectivity index (χ3n) is 5.72. The summed E-state index contributed by atoms with van der Waals surface area (Å²) in [6.45, 7) is 2.67. The zero-order valence-corrected chi connectivity index (χ0v) is 20.1. The van der Waals surface area contributed by atoms with Gasteiger partial charge in [0, 0.05) is 30.3 Å². The number of methoxy groups -OCH3 is 1. The van der Waals surface area contributed by atoms with E-state index in [1.54, 1.807) is 37.0 Å². The van der Waals surface area contributed by atoms with Crippen molar-refractivity contribution in [2.24, 2.45) is 11.5 Å². The molecule has 0 spiro atoms. The molecule has 0 saturated carbocycles. The zero-order valence-electron chi connectivity index (χ0n) is 20.1. The smallest absolute Gasteiger partial charge is 0.252 e. The van der Waals surface area contributed by atoms with Crippen LogP contribution in [0.2, 0.25) is 0 Å². The fraction of sp³-hybridized carbons (Fsp3) is 0.240. The molecule has 0 radical (unpaired) electrons. The topological polar surface area (TPSA) is 133 Å². The van der Waals surface area contributed by atoms with Gasteiger partial charge in [-0.25, -0.2) is 18.2 Å². The largest absolute Gasteiger partial charge is 0.383 e. The number of nitrogens with two attached hydrogens (primary N) is 2. The molecular formula is C25H26F3N7O2. The summed E-state index contributed by atoms with van der Waals surface area (Å²) >= 11 is 0. The number of anilines is 3. The van der Waals surface area contributed by atoms with Crippen LogP contribution >= 0.6 is 0 Å². The van der Waals surface area contributed by atoms with E-state index < -0.39 is 35.4 Å². The van der Waals surface area contributed by atoms with Crippen molar-refractivity contribution >= 4 is 34.1 Å². The highest BCUT2D eigenvalue weighted by atomic mass is 19.1. The molecule has 1 amide bonds. The summed E-state index contributed by atoms with van der Waals surface area (Å²) in [7, 11) is 1.61. The number of hydrogen-bond acceptors (Lipinski definition) is 7. The van der Waals surface area contributed by atoms with Crippen molar-refractivity contribution < 1.29 is 22.7 Å². The first-order chi connectivity index (χ1) is 17.7. The molecule has 2 aromatic carbocycles. The minimum Gasteiger partial charge on any atom is -0.383 e. The second-order valence-electron chi connectivity index (χ2n) is 8.52. The summed E-state index contributed by atoms with van der Waals surface area (Å²) in [6.07, 6.45) is 1.68. The number of carbonyl (C=O) groups is 1. The minimum atomic E-state index is -0.898. The number of aromatic nitrogens is 3. The first kappa shape index (κ1) is 25.9. The molecule has 0 fully saturated rings. The first-order valence-corrected chi connectivity index (χ1v) is 11.4. The van der Waals surface area contributed by atoms with Gasteiger partial charge in [-0.05, 0) is 48.9 Å². The summed E-state index contributed by atoms with van der Waals surface area (Å²) in [5.74, 6) is -3.70. The van der Waals surface area contributed by atoms with Crippen molar-refractivity contribution in [2.75, 3.05) is 24.4 Å². The lowest BCUT2D eigenvalue weighted by atomic mass is 10.0. The van der Waals surface area contributed by atoms with Crippen LogP contribution in [0.25, 0.3) is 10.9 Å². The molecule has 2 atom stereocenters. The molecule has 9 nitrogen and oxygen atoms in total. The Hall–Kier alpha value is -4.16. The van der Waals surface area contributed by atoms with Crippen LogP contribution in [0.5, 0.6) is 0 Å². The van der Waals surface area contributed by atoms with Gasteiger partial charge in [0.1, 0.15) is 17.5 Å². The molecule has 0 aliphatic rings. The van der Waals surface area contributed by atoms with Crippen LogP contribution in [-0.4, -0.2) is 40.4 Å². The second kappa shape index (κ2) is 10.8. The summed E-state index contributed by atoms with van der Waals surface area (Å²) in [4.78, 5) is 16.3. The Morgan fingerprint density at radius 2 is 1.84 bits per heavy atom. The molecule has 4 rings (SSSR count). The van der Waals surface area contributed by atoms with Crippen molar-refractivity contribution in [3.8, 4) is 0 Å². The lowest BCUT2D eigenvalue weighted by molar-refractivity contribution is 0.100. The van der Waals surface area contributed by atoms with Gasteiger partial charge in [-0.3, -0.25) is 9.48 Å². The van der Waals surface area contributed by atoms with Gasteiger partial charge < -0.3 is 26.8 Å². The number of hydrogen-bond donors (Lipinski definition) is 4. The van der Waals surface area contributed by atoms with Gasteiger partial charge in [0.15, 0.2) is 11.6 Å². The Labute approximate surface area is 210 Å².